The number of nitrogens with zero attached hydrogens (tertiary/aromatic N) is 2. The fourth-order valence-corrected chi connectivity index (χ4v) is 3.94. The minimum atomic E-state index is -1.05. The van der Waals surface area contributed by atoms with Gasteiger partial charge in [0.05, 0.1) is 11.4 Å². The summed E-state index contributed by atoms with van der Waals surface area (Å²) in [6.07, 6.45) is 0. The van der Waals surface area contributed by atoms with Gasteiger partial charge in [0.2, 0.25) is 0 Å². The Morgan fingerprint density at radius 3 is 2.77 bits per heavy atom. The Hall–Kier alpha value is -2.67. The van der Waals surface area contributed by atoms with Gasteiger partial charge in [0.1, 0.15) is 5.82 Å². The summed E-state index contributed by atoms with van der Waals surface area (Å²) in [7, 11) is 0. The molecule has 0 fully saturated rings. The van der Waals surface area contributed by atoms with Gasteiger partial charge in [-0.1, -0.05) is 12.1 Å². The normalized spacial score (nSPS) is 12.9. The Balaban J connectivity index is 1.73. The maximum atomic E-state index is 13.5. The number of aryl methyl sites for hydroxylation is 1. The van der Waals surface area contributed by atoms with Crippen molar-refractivity contribution in [3.63, 3.8) is 0 Å². The molecule has 0 spiro atoms. The van der Waals surface area contributed by atoms with Crippen molar-refractivity contribution < 1.29 is 13.6 Å². The average molecular weight is 371 g/mol. The highest BCUT2D eigenvalue weighted by Crippen LogP contribution is 2.36. The summed E-state index contributed by atoms with van der Waals surface area (Å²) in [4.78, 5) is 12.6. The quantitative estimate of drug-likeness (QED) is 0.740. The molecular formula is C19H15F2N3OS. The van der Waals surface area contributed by atoms with Crippen molar-refractivity contribution in [1.82, 2.24) is 9.78 Å². The second kappa shape index (κ2) is 6.57. The molecular weight excluding hydrogens is 356 g/mol. The number of hydrogen-bond acceptors (Lipinski definition) is 3. The van der Waals surface area contributed by atoms with Crippen molar-refractivity contribution in [2.75, 3.05) is 5.32 Å². The molecule has 26 heavy (non-hydrogen) atoms. The maximum absolute atomic E-state index is 13.5. The number of benzene rings is 2. The highest BCUT2D eigenvalue weighted by Gasteiger charge is 2.25. The first-order valence-corrected chi connectivity index (χ1v) is 9.20. The van der Waals surface area contributed by atoms with E-state index in [9.17, 15) is 13.6 Å². The standard InChI is InChI=1S/C19H15F2N3OS/c1-11-3-2-4-13(7-11)24-18(14-9-26-10-17(14)23-24)22-19(25)12-5-6-15(20)16(21)8-12/h2-8H,9-10H2,1H3,(H,22,25). The maximum Gasteiger partial charge on any atom is 0.256 e. The molecule has 2 aromatic carbocycles. The van der Waals surface area contributed by atoms with Crippen LogP contribution >= 0.6 is 11.8 Å². The van der Waals surface area contributed by atoms with E-state index in [1.807, 2.05) is 31.2 Å². The van der Waals surface area contributed by atoms with E-state index in [-0.39, 0.29) is 5.56 Å². The summed E-state index contributed by atoms with van der Waals surface area (Å²) in [5.74, 6) is -0.437. The van der Waals surface area contributed by atoms with Crippen molar-refractivity contribution in [2.45, 2.75) is 18.4 Å². The fourth-order valence-electron chi connectivity index (χ4n) is 2.91. The van der Waals surface area contributed by atoms with E-state index in [1.165, 1.54) is 6.07 Å². The first-order valence-electron chi connectivity index (χ1n) is 8.05. The van der Waals surface area contributed by atoms with Gasteiger partial charge >= 0.3 is 0 Å². The molecule has 1 N–H and O–H groups in total. The van der Waals surface area contributed by atoms with E-state index in [4.69, 9.17) is 0 Å². The second-order valence-electron chi connectivity index (χ2n) is 6.10. The van der Waals surface area contributed by atoms with Crippen LogP contribution in [0, 0.1) is 18.6 Å². The molecule has 1 aliphatic rings. The molecule has 0 saturated carbocycles. The molecule has 0 atom stereocenters. The molecule has 132 valence electrons. The Kier molecular flexibility index (Phi) is 4.24. The predicted molar refractivity (Wildman–Crippen MR) is 97.6 cm³/mol. The van der Waals surface area contributed by atoms with Gasteiger partial charge < -0.3 is 5.32 Å². The van der Waals surface area contributed by atoms with Crippen LogP contribution in [-0.4, -0.2) is 15.7 Å². The minimum Gasteiger partial charge on any atom is -0.306 e. The number of carbonyl (C=O) groups is 1. The molecule has 0 bridgehead atoms. The topological polar surface area (TPSA) is 46.9 Å². The van der Waals surface area contributed by atoms with Gasteiger partial charge in [-0.3, -0.25) is 4.79 Å². The number of carbonyl (C=O) groups excluding carboxylic acids is 1. The van der Waals surface area contributed by atoms with Crippen LogP contribution in [-0.2, 0) is 11.5 Å². The van der Waals surface area contributed by atoms with Crippen LogP contribution in [0.25, 0.3) is 5.69 Å². The highest BCUT2D eigenvalue weighted by molar-refractivity contribution is 7.98. The number of nitrogens with one attached hydrogen (secondary N) is 1. The lowest BCUT2D eigenvalue weighted by Crippen LogP contribution is -2.16. The molecule has 0 radical (unpaired) electrons. The summed E-state index contributed by atoms with van der Waals surface area (Å²) >= 11 is 1.72. The summed E-state index contributed by atoms with van der Waals surface area (Å²) in [5, 5.41) is 7.46. The third kappa shape index (κ3) is 2.99. The van der Waals surface area contributed by atoms with Crippen molar-refractivity contribution in [2.24, 2.45) is 0 Å². The van der Waals surface area contributed by atoms with Crippen LogP contribution in [0.5, 0.6) is 0 Å². The number of halogens is 2. The SMILES string of the molecule is Cc1cccc(-n2nc3c(c2NC(=O)c2ccc(F)c(F)c2)CSC3)c1. The van der Waals surface area contributed by atoms with Gasteiger partial charge in [-0.15, -0.1) is 0 Å². The van der Waals surface area contributed by atoms with Crippen molar-refractivity contribution in [1.29, 1.82) is 0 Å². The number of hydrogen-bond donors (Lipinski definition) is 1. The van der Waals surface area contributed by atoms with E-state index in [1.54, 1.807) is 16.4 Å². The number of amides is 1. The zero-order valence-corrected chi connectivity index (χ0v) is 14.7. The lowest BCUT2D eigenvalue weighted by atomic mass is 10.2. The smallest absolute Gasteiger partial charge is 0.256 e. The summed E-state index contributed by atoms with van der Waals surface area (Å²) in [6, 6.07) is 10.9. The molecule has 1 amide bonds. The van der Waals surface area contributed by atoms with Crippen LogP contribution in [0.15, 0.2) is 42.5 Å². The molecule has 4 nitrogen and oxygen atoms in total. The number of rotatable bonds is 3. The van der Waals surface area contributed by atoms with Gasteiger partial charge in [0.15, 0.2) is 11.6 Å². The van der Waals surface area contributed by atoms with E-state index < -0.39 is 17.5 Å². The molecule has 0 unspecified atom stereocenters. The van der Waals surface area contributed by atoms with Crippen LogP contribution in [0.2, 0.25) is 0 Å². The monoisotopic (exact) mass is 371 g/mol. The van der Waals surface area contributed by atoms with Gasteiger partial charge in [-0.2, -0.15) is 16.9 Å². The van der Waals surface area contributed by atoms with Gasteiger partial charge in [-0.05, 0) is 42.8 Å². The predicted octanol–water partition coefficient (Wildman–Crippen LogP) is 4.46. The Morgan fingerprint density at radius 2 is 2.00 bits per heavy atom. The van der Waals surface area contributed by atoms with E-state index in [0.29, 0.717) is 5.82 Å². The van der Waals surface area contributed by atoms with Crippen molar-refractivity contribution in [3.05, 3.63) is 76.5 Å². The van der Waals surface area contributed by atoms with Gasteiger partial charge in [-0.25, -0.2) is 13.5 Å². The van der Waals surface area contributed by atoms with Gasteiger partial charge in [0, 0.05) is 22.6 Å². The summed E-state index contributed by atoms with van der Waals surface area (Å²) in [5.41, 5.74) is 3.86. The zero-order chi connectivity index (χ0) is 18.3. The Morgan fingerprint density at radius 1 is 1.15 bits per heavy atom. The zero-order valence-electron chi connectivity index (χ0n) is 13.9. The first-order chi connectivity index (χ1) is 12.5. The fraction of sp³-hybridized carbons (Fsp3) is 0.158. The Labute approximate surface area is 153 Å². The lowest BCUT2D eigenvalue weighted by molar-refractivity contribution is 0.102. The molecule has 1 aromatic heterocycles. The molecule has 0 aliphatic carbocycles. The van der Waals surface area contributed by atoms with E-state index in [0.717, 1.165) is 46.1 Å². The minimum absolute atomic E-state index is 0.0558. The molecule has 1 aliphatic heterocycles. The first kappa shape index (κ1) is 16.8. The lowest BCUT2D eigenvalue weighted by Gasteiger charge is -2.12. The van der Waals surface area contributed by atoms with Crippen LogP contribution in [0.3, 0.4) is 0 Å². The molecule has 7 heteroatoms. The molecule has 4 rings (SSSR count). The molecule has 2 heterocycles. The van der Waals surface area contributed by atoms with Crippen molar-refractivity contribution in [3.8, 4) is 5.69 Å². The molecule has 3 aromatic rings. The van der Waals surface area contributed by atoms with Crippen LogP contribution in [0.1, 0.15) is 27.2 Å². The van der Waals surface area contributed by atoms with Gasteiger partial charge in [0.25, 0.3) is 5.91 Å². The second-order valence-corrected chi connectivity index (χ2v) is 7.09. The summed E-state index contributed by atoms with van der Waals surface area (Å²) in [6.45, 7) is 1.98. The van der Waals surface area contributed by atoms with Crippen molar-refractivity contribution >= 4 is 23.5 Å². The molecule has 0 saturated heterocycles. The largest absolute Gasteiger partial charge is 0.306 e. The Bertz CT molecular complexity index is 1020. The number of thioether (sulfide) groups is 1. The number of fused-ring (bicyclic) bond motifs is 1. The number of aromatic nitrogens is 2. The highest BCUT2D eigenvalue weighted by atomic mass is 32.2. The van der Waals surface area contributed by atoms with Crippen LogP contribution in [0.4, 0.5) is 14.6 Å². The number of anilines is 1. The summed E-state index contributed by atoms with van der Waals surface area (Å²) < 4.78 is 28.3. The third-order valence-corrected chi connectivity index (χ3v) is 5.18. The van der Waals surface area contributed by atoms with E-state index in [2.05, 4.69) is 10.4 Å². The van der Waals surface area contributed by atoms with Crippen LogP contribution < -0.4 is 5.32 Å². The van der Waals surface area contributed by atoms with E-state index >= 15 is 0 Å². The average Bonchev–Trinajstić information content (AvgIpc) is 3.20. The third-order valence-electron chi connectivity index (χ3n) is 4.21.